The molecule has 3 unspecified atom stereocenters. The maximum atomic E-state index is 5.96. The van der Waals surface area contributed by atoms with Crippen molar-refractivity contribution in [2.45, 2.75) is 51.6 Å². The van der Waals surface area contributed by atoms with E-state index in [2.05, 4.69) is 37.7 Å². The molecule has 0 bridgehead atoms. The number of hydrogen-bond acceptors (Lipinski definition) is 3. The number of rotatable bonds is 7. The molecule has 0 saturated carbocycles. The normalized spacial score (nSPS) is 25.4. The fraction of sp³-hybridized carbons (Fsp3) is 1.00. The number of nitrogens with two attached hydrogens (primary N) is 1. The topological polar surface area (TPSA) is 32.5 Å². The van der Waals surface area contributed by atoms with E-state index in [9.17, 15) is 0 Å². The Kier molecular flexibility index (Phi) is 6.45. The van der Waals surface area contributed by atoms with Crippen LogP contribution in [0, 0.1) is 5.92 Å². The summed E-state index contributed by atoms with van der Waals surface area (Å²) in [4.78, 5) is 4.99. The maximum absolute atomic E-state index is 5.96. The molecule has 102 valence electrons. The standard InChI is InChI=1S/C14H31N3/c1-5-7-12(2)14(10-15)17(4)11-13-8-6-9-16(13)3/h12-14H,5-11,15H2,1-4H3. The molecular weight excluding hydrogens is 210 g/mol. The smallest absolute Gasteiger partial charge is 0.0241 e. The van der Waals surface area contributed by atoms with Gasteiger partial charge in [-0.3, -0.25) is 0 Å². The third-order valence-corrected chi connectivity index (χ3v) is 4.38. The number of likely N-dealkylation sites (tertiary alicyclic amines) is 1. The molecule has 0 radical (unpaired) electrons. The lowest BCUT2D eigenvalue weighted by Crippen LogP contribution is -2.47. The molecule has 3 nitrogen and oxygen atoms in total. The predicted octanol–water partition coefficient (Wildman–Crippen LogP) is 1.78. The molecule has 17 heavy (non-hydrogen) atoms. The van der Waals surface area contributed by atoms with E-state index >= 15 is 0 Å². The van der Waals surface area contributed by atoms with E-state index in [4.69, 9.17) is 5.73 Å². The quantitative estimate of drug-likeness (QED) is 0.737. The Labute approximate surface area is 107 Å². The molecule has 0 aromatic carbocycles. The van der Waals surface area contributed by atoms with Gasteiger partial charge in [0.25, 0.3) is 0 Å². The first-order valence-electron chi connectivity index (χ1n) is 7.20. The van der Waals surface area contributed by atoms with Crippen LogP contribution in [0.3, 0.4) is 0 Å². The zero-order valence-electron chi connectivity index (χ0n) is 12.2. The summed E-state index contributed by atoms with van der Waals surface area (Å²) in [6.45, 7) is 7.82. The van der Waals surface area contributed by atoms with Crippen LogP contribution in [0.4, 0.5) is 0 Å². The lowest BCUT2D eigenvalue weighted by molar-refractivity contribution is 0.141. The zero-order chi connectivity index (χ0) is 12.8. The average molecular weight is 241 g/mol. The largest absolute Gasteiger partial charge is 0.329 e. The van der Waals surface area contributed by atoms with Gasteiger partial charge in [0.05, 0.1) is 0 Å². The van der Waals surface area contributed by atoms with Gasteiger partial charge in [-0.1, -0.05) is 20.3 Å². The Hall–Kier alpha value is -0.120. The average Bonchev–Trinajstić information content (AvgIpc) is 2.66. The van der Waals surface area contributed by atoms with E-state index in [1.54, 1.807) is 0 Å². The van der Waals surface area contributed by atoms with Crippen LogP contribution in [0.1, 0.15) is 39.5 Å². The van der Waals surface area contributed by atoms with Crippen molar-refractivity contribution in [3.8, 4) is 0 Å². The summed E-state index contributed by atoms with van der Waals surface area (Å²) >= 11 is 0. The minimum Gasteiger partial charge on any atom is -0.329 e. The van der Waals surface area contributed by atoms with Crippen LogP contribution in [0.25, 0.3) is 0 Å². The van der Waals surface area contributed by atoms with Gasteiger partial charge in [-0.2, -0.15) is 0 Å². The van der Waals surface area contributed by atoms with Crippen LogP contribution >= 0.6 is 0 Å². The lowest BCUT2D eigenvalue weighted by Gasteiger charge is -2.35. The number of nitrogens with zero attached hydrogens (tertiary/aromatic N) is 2. The summed E-state index contributed by atoms with van der Waals surface area (Å²) in [5, 5.41) is 0. The second-order valence-corrected chi connectivity index (χ2v) is 5.79. The highest BCUT2D eigenvalue weighted by atomic mass is 15.2. The summed E-state index contributed by atoms with van der Waals surface area (Å²) in [5.41, 5.74) is 5.96. The third kappa shape index (κ3) is 4.23. The SMILES string of the molecule is CCCC(C)C(CN)N(C)CC1CCCN1C. The van der Waals surface area contributed by atoms with E-state index in [0.29, 0.717) is 12.0 Å². The molecule has 3 heteroatoms. The van der Waals surface area contributed by atoms with Crippen molar-refractivity contribution in [3.63, 3.8) is 0 Å². The van der Waals surface area contributed by atoms with Gasteiger partial charge in [0.15, 0.2) is 0 Å². The Morgan fingerprint density at radius 3 is 2.65 bits per heavy atom. The van der Waals surface area contributed by atoms with Crippen LogP contribution in [-0.4, -0.2) is 55.6 Å². The Morgan fingerprint density at radius 2 is 2.18 bits per heavy atom. The van der Waals surface area contributed by atoms with Gasteiger partial charge < -0.3 is 15.5 Å². The van der Waals surface area contributed by atoms with Gasteiger partial charge in [0, 0.05) is 25.2 Å². The van der Waals surface area contributed by atoms with Gasteiger partial charge in [-0.25, -0.2) is 0 Å². The lowest BCUT2D eigenvalue weighted by atomic mass is 9.95. The highest BCUT2D eigenvalue weighted by Gasteiger charge is 2.26. The van der Waals surface area contributed by atoms with Crippen molar-refractivity contribution in [1.82, 2.24) is 9.80 Å². The summed E-state index contributed by atoms with van der Waals surface area (Å²) in [5.74, 6) is 0.710. The minimum atomic E-state index is 0.545. The fourth-order valence-electron chi connectivity index (χ4n) is 3.17. The number of hydrogen-bond donors (Lipinski definition) is 1. The molecule has 0 spiro atoms. The van der Waals surface area contributed by atoms with Crippen molar-refractivity contribution in [3.05, 3.63) is 0 Å². The third-order valence-electron chi connectivity index (χ3n) is 4.38. The van der Waals surface area contributed by atoms with Crippen LogP contribution in [0.5, 0.6) is 0 Å². The second kappa shape index (κ2) is 7.34. The summed E-state index contributed by atoms with van der Waals surface area (Å²) in [6.07, 6.45) is 5.24. The highest BCUT2D eigenvalue weighted by molar-refractivity contribution is 4.83. The van der Waals surface area contributed by atoms with Crippen LogP contribution < -0.4 is 5.73 Å². The van der Waals surface area contributed by atoms with Crippen molar-refractivity contribution in [1.29, 1.82) is 0 Å². The molecular formula is C14H31N3. The molecule has 2 N–H and O–H groups in total. The Balaban J connectivity index is 2.45. The van der Waals surface area contributed by atoms with Crippen molar-refractivity contribution in [2.24, 2.45) is 11.7 Å². The van der Waals surface area contributed by atoms with Gasteiger partial charge in [0.1, 0.15) is 0 Å². The first-order chi connectivity index (χ1) is 8.10. The Bertz CT molecular complexity index is 208. The monoisotopic (exact) mass is 241 g/mol. The summed E-state index contributed by atoms with van der Waals surface area (Å²) in [6, 6.07) is 1.28. The van der Waals surface area contributed by atoms with Gasteiger partial charge in [-0.05, 0) is 45.8 Å². The minimum absolute atomic E-state index is 0.545. The van der Waals surface area contributed by atoms with E-state index in [-0.39, 0.29) is 0 Å². The molecule has 0 amide bonds. The van der Waals surface area contributed by atoms with Crippen LogP contribution in [0.2, 0.25) is 0 Å². The van der Waals surface area contributed by atoms with E-state index in [0.717, 1.165) is 12.6 Å². The predicted molar refractivity (Wildman–Crippen MR) is 75.2 cm³/mol. The fourth-order valence-corrected chi connectivity index (χ4v) is 3.17. The molecule has 0 aromatic heterocycles. The van der Waals surface area contributed by atoms with E-state index in [1.807, 2.05) is 0 Å². The first-order valence-corrected chi connectivity index (χ1v) is 7.20. The molecule has 1 aliphatic rings. The molecule has 1 aliphatic heterocycles. The van der Waals surface area contributed by atoms with Gasteiger partial charge in [0.2, 0.25) is 0 Å². The molecule has 1 saturated heterocycles. The van der Waals surface area contributed by atoms with Gasteiger partial charge in [-0.15, -0.1) is 0 Å². The van der Waals surface area contributed by atoms with E-state index in [1.165, 1.54) is 38.8 Å². The molecule has 1 fully saturated rings. The first kappa shape index (κ1) is 14.9. The molecule has 1 heterocycles. The molecule has 0 aliphatic carbocycles. The maximum Gasteiger partial charge on any atom is 0.0241 e. The van der Waals surface area contributed by atoms with Crippen LogP contribution in [0.15, 0.2) is 0 Å². The van der Waals surface area contributed by atoms with Gasteiger partial charge >= 0.3 is 0 Å². The van der Waals surface area contributed by atoms with Crippen molar-refractivity contribution >= 4 is 0 Å². The van der Waals surface area contributed by atoms with Crippen LogP contribution in [-0.2, 0) is 0 Å². The van der Waals surface area contributed by atoms with E-state index < -0.39 is 0 Å². The zero-order valence-corrected chi connectivity index (χ0v) is 12.2. The number of likely N-dealkylation sites (N-methyl/N-ethyl adjacent to an activating group) is 2. The summed E-state index contributed by atoms with van der Waals surface area (Å²) in [7, 11) is 4.49. The van der Waals surface area contributed by atoms with Crippen molar-refractivity contribution < 1.29 is 0 Å². The highest BCUT2D eigenvalue weighted by Crippen LogP contribution is 2.19. The molecule has 0 aromatic rings. The molecule has 3 atom stereocenters. The second-order valence-electron chi connectivity index (χ2n) is 5.79. The molecule has 1 rings (SSSR count). The Morgan fingerprint density at radius 1 is 1.47 bits per heavy atom. The summed E-state index contributed by atoms with van der Waals surface area (Å²) < 4.78 is 0. The van der Waals surface area contributed by atoms with Crippen molar-refractivity contribution in [2.75, 3.05) is 33.7 Å².